The normalized spacial score (nSPS) is 9.71. The van der Waals surface area contributed by atoms with Gasteiger partial charge in [-0.15, -0.1) is 0 Å². The smallest absolute Gasteiger partial charge is 0.299 e. The van der Waals surface area contributed by atoms with Crippen LogP contribution in [-0.4, -0.2) is 27.6 Å². The van der Waals surface area contributed by atoms with Gasteiger partial charge in [-0.3, -0.25) is 27.1 Å². The van der Waals surface area contributed by atoms with Gasteiger partial charge in [0, 0.05) is 24.3 Å². The minimum absolute atomic E-state index is 0.174. The van der Waals surface area contributed by atoms with Crippen LogP contribution in [0.5, 0.6) is 0 Å². The number of nitrogens with two attached hydrogens (primary N) is 4. The van der Waals surface area contributed by atoms with Crippen molar-refractivity contribution in [2.24, 2.45) is 11.5 Å². The third kappa shape index (κ3) is 9.40. The molecule has 80 valence electrons. The Bertz CT molecular complexity index is 210. The van der Waals surface area contributed by atoms with Gasteiger partial charge >= 0.3 is 0 Å². The molecule has 0 amide bonds. The monoisotopic (exact) mass is 236 g/mol. The molecular formula is C7H16N4OS2+2. The SMILES string of the molecule is NC(=[NH2+])SCCC(=O)CCSC(N)=[NH2+]. The van der Waals surface area contributed by atoms with Crippen LogP contribution < -0.4 is 22.3 Å². The van der Waals surface area contributed by atoms with Gasteiger partial charge in [0.15, 0.2) is 0 Å². The molecule has 0 atom stereocenters. The van der Waals surface area contributed by atoms with Gasteiger partial charge < -0.3 is 0 Å². The maximum Gasteiger partial charge on any atom is 0.299 e. The van der Waals surface area contributed by atoms with Gasteiger partial charge in [-0.2, -0.15) is 0 Å². The Morgan fingerprint density at radius 3 is 1.64 bits per heavy atom. The lowest BCUT2D eigenvalue weighted by Gasteiger charge is -1.97. The minimum atomic E-state index is 0.174. The molecule has 0 aliphatic rings. The van der Waals surface area contributed by atoms with Gasteiger partial charge in [0.1, 0.15) is 5.78 Å². The fraction of sp³-hybridized carbons (Fsp3) is 0.571. The maximum absolute atomic E-state index is 11.2. The Morgan fingerprint density at radius 2 is 1.36 bits per heavy atom. The molecule has 0 radical (unpaired) electrons. The van der Waals surface area contributed by atoms with Crippen molar-refractivity contribution in [3.05, 3.63) is 0 Å². The molecule has 5 nitrogen and oxygen atoms in total. The van der Waals surface area contributed by atoms with Crippen molar-refractivity contribution in [1.29, 1.82) is 0 Å². The van der Waals surface area contributed by atoms with Crippen LogP contribution in [0.2, 0.25) is 0 Å². The number of carbonyl (C=O) groups excluding carboxylic acids is 1. The highest BCUT2D eigenvalue weighted by molar-refractivity contribution is 8.13. The fourth-order valence-electron chi connectivity index (χ4n) is 0.690. The van der Waals surface area contributed by atoms with Crippen molar-refractivity contribution >= 4 is 39.6 Å². The lowest BCUT2D eigenvalue weighted by Crippen LogP contribution is -2.43. The summed E-state index contributed by atoms with van der Waals surface area (Å²) in [4.78, 5) is 11.2. The molecule has 0 unspecified atom stereocenters. The largest absolute Gasteiger partial charge is 0.300 e. The Hall–Kier alpha value is -0.690. The number of amidine groups is 2. The average molecular weight is 236 g/mol. The van der Waals surface area contributed by atoms with E-state index in [2.05, 4.69) is 0 Å². The average Bonchev–Trinajstić information content (AvgIpc) is 2.02. The first kappa shape index (κ1) is 13.3. The molecule has 14 heavy (non-hydrogen) atoms. The van der Waals surface area contributed by atoms with Gasteiger partial charge in [0.2, 0.25) is 0 Å². The number of hydrogen-bond donors (Lipinski definition) is 4. The summed E-state index contributed by atoms with van der Waals surface area (Å²) in [5.41, 5.74) is 10.4. The summed E-state index contributed by atoms with van der Waals surface area (Å²) in [5, 5.41) is 11.0. The number of rotatable bonds is 6. The Labute approximate surface area is 91.4 Å². The van der Waals surface area contributed by atoms with E-state index in [1.807, 2.05) is 0 Å². The lowest BCUT2D eigenvalue weighted by molar-refractivity contribution is -0.118. The van der Waals surface area contributed by atoms with Crippen LogP contribution in [-0.2, 0) is 4.79 Å². The van der Waals surface area contributed by atoms with Crippen LogP contribution in [0.1, 0.15) is 12.8 Å². The third-order valence-electron chi connectivity index (χ3n) is 1.30. The summed E-state index contributed by atoms with van der Waals surface area (Å²) >= 11 is 2.58. The summed E-state index contributed by atoms with van der Waals surface area (Å²) in [5.74, 6) is 1.44. The van der Waals surface area contributed by atoms with Gasteiger partial charge in [-0.05, 0) is 23.5 Å². The molecule has 0 aliphatic heterocycles. The van der Waals surface area contributed by atoms with Crippen LogP contribution in [0.15, 0.2) is 0 Å². The molecule has 0 rings (SSSR count). The second kappa shape index (κ2) is 7.69. The Balaban J connectivity index is 3.37. The zero-order valence-electron chi connectivity index (χ0n) is 7.86. The third-order valence-corrected chi connectivity index (χ3v) is 2.78. The first-order valence-corrected chi connectivity index (χ1v) is 6.02. The summed E-state index contributed by atoms with van der Waals surface area (Å²) in [6, 6.07) is 0. The van der Waals surface area contributed by atoms with Gasteiger partial charge in [-0.1, -0.05) is 0 Å². The van der Waals surface area contributed by atoms with E-state index < -0.39 is 0 Å². The number of ketones is 1. The van der Waals surface area contributed by atoms with Crippen LogP contribution >= 0.6 is 23.5 Å². The van der Waals surface area contributed by atoms with Crippen LogP contribution in [0, 0.1) is 0 Å². The molecule has 0 bridgehead atoms. The number of Topliss-reactive ketones (excluding diaryl/α,β-unsaturated/α-hetero) is 1. The van der Waals surface area contributed by atoms with E-state index >= 15 is 0 Å². The molecule has 0 aromatic heterocycles. The van der Waals surface area contributed by atoms with Gasteiger partial charge in [-0.25, -0.2) is 0 Å². The van der Waals surface area contributed by atoms with Crippen molar-refractivity contribution in [2.75, 3.05) is 11.5 Å². The molecule has 0 spiro atoms. The second-order valence-electron chi connectivity index (χ2n) is 2.54. The maximum atomic E-state index is 11.2. The molecule has 7 heteroatoms. The molecule has 0 fully saturated rings. The molecule has 0 saturated carbocycles. The molecular weight excluding hydrogens is 220 g/mol. The second-order valence-corrected chi connectivity index (χ2v) is 4.88. The lowest BCUT2D eigenvalue weighted by atomic mass is 10.2. The predicted octanol–water partition coefficient (Wildman–Crippen LogP) is -3.05. The van der Waals surface area contributed by atoms with E-state index in [0.717, 1.165) is 0 Å². The van der Waals surface area contributed by atoms with E-state index in [4.69, 9.17) is 22.3 Å². The van der Waals surface area contributed by atoms with Crippen LogP contribution in [0.4, 0.5) is 0 Å². The zero-order valence-corrected chi connectivity index (χ0v) is 9.50. The summed E-state index contributed by atoms with van der Waals surface area (Å²) in [6.45, 7) is 0. The first-order chi connectivity index (χ1) is 6.52. The highest BCUT2D eigenvalue weighted by Gasteiger charge is 2.05. The highest BCUT2D eigenvalue weighted by atomic mass is 32.2. The molecule has 0 aromatic rings. The van der Waals surface area contributed by atoms with E-state index in [-0.39, 0.29) is 5.78 Å². The first-order valence-electron chi connectivity index (χ1n) is 4.05. The standard InChI is InChI=1S/C7H14N4OS2/c8-6(9)13-3-1-5(12)2-4-14-7(10)11/h1-4H2,(H3,8,9)(H3,10,11)/p+2. The number of thioether (sulfide) groups is 2. The highest BCUT2D eigenvalue weighted by Crippen LogP contribution is 2.05. The van der Waals surface area contributed by atoms with E-state index in [0.29, 0.717) is 34.7 Å². The molecule has 0 aromatic carbocycles. The van der Waals surface area contributed by atoms with Crippen molar-refractivity contribution in [2.45, 2.75) is 12.8 Å². The molecule has 0 saturated heterocycles. The molecule has 0 heterocycles. The summed E-state index contributed by atoms with van der Waals surface area (Å²) < 4.78 is 0. The zero-order chi connectivity index (χ0) is 11.0. The van der Waals surface area contributed by atoms with Gasteiger partial charge in [0.25, 0.3) is 10.3 Å². The topological polar surface area (TPSA) is 120 Å². The van der Waals surface area contributed by atoms with E-state index in [1.54, 1.807) is 0 Å². The van der Waals surface area contributed by atoms with Gasteiger partial charge in [0.05, 0.1) is 0 Å². The van der Waals surface area contributed by atoms with Crippen molar-refractivity contribution in [3.63, 3.8) is 0 Å². The van der Waals surface area contributed by atoms with E-state index in [1.165, 1.54) is 23.5 Å². The van der Waals surface area contributed by atoms with Crippen molar-refractivity contribution in [3.8, 4) is 0 Å². The molecule has 0 aliphatic carbocycles. The fourth-order valence-corrected chi connectivity index (χ4v) is 1.82. The van der Waals surface area contributed by atoms with Crippen molar-refractivity contribution in [1.82, 2.24) is 0 Å². The van der Waals surface area contributed by atoms with E-state index in [9.17, 15) is 4.79 Å². The Morgan fingerprint density at radius 1 is 1.00 bits per heavy atom. The predicted molar refractivity (Wildman–Crippen MR) is 61.4 cm³/mol. The number of hydrogen-bond acceptors (Lipinski definition) is 3. The molecule has 8 N–H and O–H groups in total. The Kier molecular flexibility index (Phi) is 7.31. The van der Waals surface area contributed by atoms with Crippen LogP contribution in [0.25, 0.3) is 0 Å². The van der Waals surface area contributed by atoms with Crippen molar-refractivity contribution < 1.29 is 15.6 Å². The quantitative estimate of drug-likeness (QED) is 0.288. The number of carbonyl (C=O) groups is 1. The summed E-state index contributed by atoms with van der Waals surface area (Å²) in [6.07, 6.45) is 0.960. The minimum Gasteiger partial charge on any atom is -0.300 e. The van der Waals surface area contributed by atoms with Crippen LogP contribution in [0.3, 0.4) is 0 Å². The summed E-state index contributed by atoms with van der Waals surface area (Å²) in [7, 11) is 0.